The summed E-state index contributed by atoms with van der Waals surface area (Å²) in [5.41, 5.74) is -0.00244. The molecule has 0 saturated heterocycles. The molecule has 1 aromatic heterocycles. The van der Waals surface area contributed by atoms with Crippen molar-refractivity contribution in [2.45, 2.75) is 70.8 Å². The number of hydrogen-bond donors (Lipinski definition) is 3. The zero-order valence-corrected chi connectivity index (χ0v) is 18.8. The van der Waals surface area contributed by atoms with Crippen LogP contribution in [0.15, 0.2) is 18.2 Å². The van der Waals surface area contributed by atoms with Crippen LogP contribution in [-0.4, -0.2) is 33.3 Å². The SMILES string of the molecule is CCc1nc(CC(=O)O)c(CNC2(CF)CC2)c(N[C@H](C)c2cccc(C(F)(F)F)c2C)n1. The van der Waals surface area contributed by atoms with Gasteiger partial charge in [0.2, 0.25) is 0 Å². The third-order valence-corrected chi connectivity index (χ3v) is 6.02. The van der Waals surface area contributed by atoms with Crippen LogP contribution in [0.25, 0.3) is 0 Å². The zero-order valence-electron chi connectivity index (χ0n) is 18.8. The van der Waals surface area contributed by atoms with E-state index in [1.807, 2.05) is 6.92 Å². The smallest absolute Gasteiger partial charge is 0.416 e. The van der Waals surface area contributed by atoms with Gasteiger partial charge in [0.15, 0.2) is 0 Å². The number of carboxylic acid groups (broad SMARTS) is 1. The Labute approximate surface area is 189 Å². The highest BCUT2D eigenvalue weighted by molar-refractivity contribution is 5.71. The van der Waals surface area contributed by atoms with Crippen molar-refractivity contribution in [2.75, 3.05) is 12.0 Å². The lowest BCUT2D eigenvalue weighted by Gasteiger charge is -2.23. The Morgan fingerprint density at radius 3 is 2.52 bits per heavy atom. The number of rotatable bonds is 10. The lowest BCUT2D eigenvalue weighted by molar-refractivity contribution is -0.138. The van der Waals surface area contributed by atoms with Crippen LogP contribution in [0.3, 0.4) is 0 Å². The number of alkyl halides is 4. The molecule has 0 radical (unpaired) electrons. The van der Waals surface area contributed by atoms with Gasteiger partial charge < -0.3 is 15.7 Å². The summed E-state index contributed by atoms with van der Waals surface area (Å²) in [5.74, 6) is -0.321. The van der Waals surface area contributed by atoms with Gasteiger partial charge in [0, 0.05) is 24.1 Å². The van der Waals surface area contributed by atoms with Crippen molar-refractivity contribution in [1.82, 2.24) is 15.3 Å². The highest BCUT2D eigenvalue weighted by Gasteiger charge is 2.42. The van der Waals surface area contributed by atoms with Crippen LogP contribution in [0.2, 0.25) is 0 Å². The molecule has 3 N–H and O–H groups in total. The quantitative estimate of drug-likeness (QED) is 0.436. The Morgan fingerprint density at radius 2 is 1.97 bits per heavy atom. The Balaban J connectivity index is 1.99. The maximum atomic E-state index is 13.4. The normalized spacial score (nSPS) is 15.8. The van der Waals surface area contributed by atoms with Gasteiger partial charge in [-0.1, -0.05) is 19.1 Å². The molecule has 1 aliphatic rings. The maximum absolute atomic E-state index is 13.4. The van der Waals surface area contributed by atoms with Crippen LogP contribution in [0.4, 0.5) is 23.4 Å². The summed E-state index contributed by atoms with van der Waals surface area (Å²) in [6.07, 6.45) is -3.03. The van der Waals surface area contributed by atoms with E-state index in [1.165, 1.54) is 13.0 Å². The molecule has 3 rings (SSSR count). The minimum Gasteiger partial charge on any atom is -0.481 e. The molecule has 1 aliphatic carbocycles. The molecular weight excluding hydrogens is 440 g/mol. The van der Waals surface area contributed by atoms with Gasteiger partial charge in [-0.15, -0.1) is 0 Å². The van der Waals surface area contributed by atoms with Crippen LogP contribution in [0.5, 0.6) is 0 Å². The predicted octanol–water partition coefficient (Wildman–Crippen LogP) is 4.76. The average molecular weight is 468 g/mol. The van der Waals surface area contributed by atoms with Gasteiger partial charge in [0.25, 0.3) is 0 Å². The highest BCUT2D eigenvalue weighted by atomic mass is 19.4. The van der Waals surface area contributed by atoms with Crippen molar-refractivity contribution >= 4 is 11.8 Å². The Hall–Kier alpha value is -2.75. The third-order valence-electron chi connectivity index (χ3n) is 6.02. The predicted molar refractivity (Wildman–Crippen MR) is 116 cm³/mol. The molecule has 33 heavy (non-hydrogen) atoms. The number of anilines is 1. The fraction of sp³-hybridized carbons (Fsp3) is 0.522. The molecule has 1 saturated carbocycles. The highest BCUT2D eigenvalue weighted by Crippen LogP contribution is 2.37. The van der Waals surface area contributed by atoms with E-state index in [0.717, 1.165) is 6.07 Å². The molecule has 6 nitrogen and oxygen atoms in total. The first-order valence-corrected chi connectivity index (χ1v) is 10.8. The Morgan fingerprint density at radius 1 is 1.27 bits per heavy atom. The first-order chi connectivity index (χ1) is 15.5. The number of aliphatic carboxylic acids is 1. The molecule has 10 heteroatoms. The van der Waals surface area contributed by atoms with Crippen LogP contribution in [0, 0.1) is 6.92 Å². The van der Waals surface area contributed by atoms with Crippen LogP contribution >= 0.6 is 0 Å². The van der Waals surface area contributed by atoms with E-state index in [0.29, 0.717) is 47.7 Å². The number of benzene rings is 1. The first-order valence-electron chi connectivity index (χ1n) is 10.8. The molecule has 1 fully saturated rings. The fourth-order valence-corrected chi connectivity index (χ4v) is 3.83. The van der Waals surface area contributed by atoms with Gasteiger partial charge >= 0.3 is 12.1 Å². The van der Waals surface area contributed by atoms with Gasteiger partial charge in [-0.25, -0.2) is 14.4 Å². The number of aryl methyl sites for hydroxylation is 1. The van der Waals surface area contributed by atoms with Crippen molar-refractivity contribution in [2.24, 2.45) is 0 Å². The molecule has 0 unspecified atom stereocenters. The average Bonchev–Trinajstić information content (AvgIpc) is 3.52. The lowest BCUT2D eigenvalue weighted by atomic mass is 9.97. The van der Waals surface area contributed by atoms with Crippen LogP contribution < -0.4 is 10.6 Å². The number of hydrogen-bond acceptors (Lipinski definition) is 5. The monoisotopic (exact) mass is 468 g/mol. The van der Waals surface area contributed by atoms with Crippen molar-refractivity contribution < 1.29 is 27.5 Å². The molecule has 1 heterocycles. The van der Waals surface area contributed by atoms with Gasteiger partial charge in [-0.2, -0.15) is 13.2 Å². The topological polar surface area (TPSA) is 87.1 Å². The van der Waals surface area contributed by atoms with E-state index in [1.54, 1.807) is 13.0 Å². The molecular formula is C23H28F4N4O2. The fourth-order valence-electron chi connectivity index (χ4n) is 3.83. The summed E-state index contributed by atoms with van der Waals surface area (Å²) >= 11 is 0. The molecule has 0 aliphatic heterocycles. The summed E-state index contributed by atoms with van der Waals surface area (Å²) < 4.78 is 53.5. The standard InChI is InChI=1S/C23H28F4N4O2/c1-4-19-30-18(10-20(32)33)16(11-28-22(12-24)8-9-22)21(31-19)29-14(3)15-6-5-7-17(13(15)2)23(25,26)27/h5-7,14,28H,4,8-12H2,1-3H3,(H,32,33)(H,29,30,31)/t14-/m1/s1. The summed E-state index contributed by atoms with van der Waals surface area (Å²) in [6, 6.07) is 3.46. The molecule has 180 valence electrons. The van der Waals surface area contributed by atoms with Gasteiger partial charge in [0.1, 0.15) is 18.3 Å². The summed E-state index contributed by atoms with van der Waals surface area (Å²) in [4.78, 5) is 20.3. The molecule has 0 bridgehead atoms. The number of halogens is 4. The van der Waals surface area contributed by atoms with Gasteiger partial charge in [-0.3, -0.25) is 4.79 Å². The van der Waals surface area contributed by atoms with Gasteiger partial charge in [-0.05, 0) is 43.9 Å². The molecule has 1 aromatic carbocycles. The lowest BCUT2D eigenvalue weighted by Crippen LogP contribution is -2.34. The van der Waals surface area contributed by atoms with E-state index in [2.05, 4.69) is 20.6 Å². The number of carbonyl (C=O) groups is 1. The van der Waals surface area contributed by atoms with E-state index >= 15 is 0 Å². The second-order valence-electron chi connectivity index (χ2n) is 8.49. The van der Waals surface area contributed by atoms with Gasteiger partial charge in [0.05, 0.1) is 23.7 Å². The largest absolute Gasteiger partial charge is 0.481 e. The Bertz CT molecular complexity index is 1020. The zero-order chi connectivity index (χ0) is 24.4. The van der Waals surface area contributed by atoms with E-state index in [4.69, 9.17) is 0 Å². The molecule has 1 atom stereocenters. The first kappa shape index (κ1) is 24.9. The van der Waals surface area contributed by atoms with E-state index in [-0.39, 0.29) is 18.5 Å². The molecule has 0 spiro atoms. The summed E-state index contributed by atoms with van der Waals surface area (Å²) in [7, 11) is 0. The maximum Gasteiger partial charge on any atom is 0.416 e. The van der Waals surface area contributed by atoms with E-state index in [9.17, 15) is 27.5 Å². The molecule has 0 amide bonds. The van der Waals surface area contributed by atoms with E-state index < -0.39 is 36.0 Å². The minimum absolute atomic E-state index is 0.106. The van der Waals surface area contributed by atoms with Crippen molar-refractivity contribution in [3.63, 3.8) is 0 Å². The second-order valence-corrected chi connectivity index (χ2v) is 8.49. The molecule has 2 aromatic rings. The number of nitrogens with zero attached hydrogens (tertiary/aromatic N) is 2. The van der Waals surface area contributed by atoms with Crippen molar-refractivity contribution in [3.05, 3.63) is 52.0 Å². The van der Waals surface area contributed by atoms with Crippen molar-refractivity contribution in [3.8, 4) is 0 Å². The van der Waals surface area contributed by atoms with Crippen LogP contribution in [0.1, 0.15) is 66.5 Å². The summed E-state index contributed by atoms with van der Waals surface area (Å²) in [5, 5.41) is 15.7. The second kappa shape index (κ2) is 9.62. The third kappa shape index (κ3) is 5.79. The number of carboxylic acids is 1. The van der Waals surface area contributed by atoms with Crippen molar-refractivity contribution in [1.29, 1.82) is 0 Å². The number of nitrogens with one attached hydrogen (secondary N) is 2. The Kier molecular flexibility index (Phi) is 7.26. The number of aromatic nitrogens is 2. The summed E-state index contributed by atoms with van der Waals surface area (Å²) in [6.45, 7) is 4.56. The minimum atomic E-state index is -4.47. The van der Waals surface area contributed by atoms with Crippen LogP contribution in [-0.2, 0) is 30.4 Å².